The lowest BCUT2D eigenvalue weighted by Gasteiger charge is -2.07. The smallest absolute Gasteiger partial charge is 0.348 e. The highest BCUT2D eigenvalue weighted by molar-refractivity contribution is 9.10. The van der Waals surface area contributed by atoms with Gasteiger partial charge in [-0.3, -0.25) is 4.57 Å². The Kier molecular flexibility index (Phi) is 2.04. The second kappa shape index (κ2) is 3.31. The van der Waals surface area contributed by atoms with Gasteiger partial charge < -0.3 is 5.11 Å². The van der Waals surface area contributed by atoms with Crippen LogP contribution >= 0.6 is 15.9 Å². The highest BCUT2D eigenvalue weighted by atomic mass is 79.9. The lowest BCUT2D eigenvalue weighted by atomic mass is 10.1. The number of allylic oxidation sites excluding steroid dienone is 2. The first-order valence-corrected chi connectivity index (χ1v) is 5.94. The molecule has 1 aromatic rings. The molecule has 1 N–H and O–H groups in total. The zero-order valence-corrected chi connectivity index (χ0v) is 9.94. The Morgan fingerprint density at radius 2 is 2.31 bits per heavy atom. The van der Waals surface area contributed by atoms with Gasteiger partial charge in [0.05, 0.1) is 10.2 Å². The molecule has 5 heteroatoms. The summed E-state index contributed by atoms with van der Waals surface area (Å²) in [5.41, 5.74) is 0.834. The molecule has 3 rings (SSSR count). The van der Waals surface area contributed by atoms with Crippen molar-refractivity contribution in [3.63, 3.8) is 0 Å². The second-order valence-corrected chi connectivity index (χ2v) is 4.81. The minimum atomic E-state index is -0.219. The molecule has 2 aliphatic rings. The molecular formula is C11H9BrN2O2. The zero-order valence-electron chi connectivity index (χ0n) is 8.35. The summed E-state index contributed by atoms with van der Waals surface area (Å²) >= 11 is 3.45. The van der Waals surface area contributed by atoms with Gasteiger partial charge in [-0.05, 0) is 24.1 Å². The Hall–Kier alpha value is -1.36. The predicted molar refractivity (Wildman–Crippen MR) is 63.7 cm³/mol. The molecule has 0 saturated carbocycles. The molecular weight excluding hydrogens is 272 g/mol. The molecule has 16 heavy (non-hydrogen) atoms. The van der Waals surface area contributed by atoms with Crippen LogP contribution in [-0.4, -0.2) is 19.5 Å². The van der Waals surface area contributed by atoms with Crippen LogP contribution in [0.4, 0.5) is 0 Å². The Morgan fingerprint density at radius 1 is 1.50 bits per heavy atom. The van der Waals surface area contributed by atoms with Gasteiger partial charge in [-0.1, -0.05) is 15.9 Å². The quantitative estimate of drug-likeness (QED) is 0.670. The zero-order chi connectivity index (χ0) is 11.3. The predicted octanol–water partition coefficient (Wildman–Crippen LogP) is -0.203. The van der Waals surface area contributed by atoms with Crippen LogP contribution in [0.1, 0.15) is 6.42 Å². The Bertz CT molecular complexity index is 672. The number of aromatic nitrogens is 2. The van der Waals surface area contributed by atoms with E-state index in [0.717, 1.165) is 22.6 Å². The van der Waals surface area contributed by atoms with Gasteiger partial charge >= 0.3 is 5.69 Å². The first-order valence-electron chi connectivity index (χ1n) is 5.02. The molecule has 1 atom stereocenters. The summed E-state index contributed by atoms with van der Waals surface area (Å²) in [6.07, 6.45) is 5.77. The largest absolute Gasteiger partial charge is 0.511 e. The molecule has 1 aliphatic heterocycles. The maximum atomic E-state index is 11.6. The van der Waals surface area contributed by atoms with Crippen LogP contribution in [0.15, 0.2) is 22.8 Å². The van der Waals surface area contributed by atoms with Crippen molar-refractivity contribution >= 4 is 27.6 Å². The number of rotatable bonds is 0. The SMILES string of the molecule is O=c1ncc2c3n1CCC=3C(Br)C(O)=CC=2. The average Bonchev–Trinajstić information content (AvgIpc) is 2.68. The van der Waals surface area contributed by atoms with Gasteiger partial charge in [0.25, 0.3) is 0 Å². The summed E-state index contributed by atoms with van der Waals surface area (Å²) in [6, 6.07) is 0. The van der Waals surface area contributed by atoms with E-state index >= 15 is 0 Å². The number of nitrogens with zero attached hydrogens (tertiary/aromatic N) is 2. The number of alkyl halides is 1. The summed E-state index contributed by atoms with van der Waals surface area (Å²) in [4.78, 5) is 15.2. The average molecular weight is 281 g/mol. The maximum Gasteiger partial charge on any atom is 0.348 e. The molecule has 82 valence electrons. The molecule has 0 spiro atoms. The van der Waals surface area contributed by atoms with Crippen molar-refractivity contribution < 1.29 is 5.11 Å². The molecule has 0 saturated heterocycles. The molecule has 0 amide bonds. The van der Waals surface area contributed by atoms with Crippen molar-refractivity contribution in [2.45, 2.75) is 17.8 Å². The first-order chi connectivity index (χ1) is 7.68. The molecule has 1 aliphatic carbocycles. The third-order valence-corrected chi connectivity index (χ3v) is 4.02. The molecule has 1 unspecified atom stereocenters. The fraction of sp³-hybridized carbons (Fsp3) is 0.273. The van der Waals surface area contributed by atoms with E-state index in [-0.39, 0.29) is 16.3 Å². The van der Waals surface area contributed by atoms with E-state index in [1.165, 1.54) is 0 Å². The van der Waals surface area contributed by atoms with Gasteiger partial charge in [0.15, 0.2) is 0 Å². The van der Waals surface area contributed by atoms with Crippen molar-refractivity contribution in [2.75, 3.05) is 0 Å². The fourth-order valence-electron chi connectivity index (χ4n) is 2.23. The highest BCUT2D eigenvalue weighted by Crippen LogP contribution is 2.25. The molecule has 0 fully saturated rings. The normalized spacial score (nSPS) is 22.2. The number of halogens is 1. The topological polar surface area (TPSA) is 55.1 Å². The van der Waals surface area contributed by atoms with Crippen LogP contribution in [-0.2, 0) is 6.54 Å². The van der Waals surface area contributed by atoms with E-state index in [1.807, 2.05) is 0 Å². The highest BCUT2D eigenvalue weighted by Gasteiger charge is 2.24. The van der Waals surface area contributed by atoms with Crippen molar-refractivity contribution in [3.8, 4) is 0 Å². The molecule has 0 bridgehead atoms. The van der Waals surface area contributed by atoms with Crippen LogP contribution in [0, 0.1) is 0 Å². The summed E-state index contributed by atoms with van der Waals surface area (Å²) < 4.78 is 1.67. The Balaban J connectivity index is 2.52. The van der Waals surface area contributed by atoms with Crippen LogP contribution in [0.5, 0.6) is 0 Å². The van der Waals surface area contributed by atoms with E-state index in [9.17, 15) is 9.90 Å². The molecule has 4 nitrogen and oxygen atoms in total. The molecule has 2 heterocycles. The molecule has 0 radical (unpaired) electrons. The fourth-order valence-corrected chi connectivity index (χ4v) is 2.83. The van der Waals surface area contributed by atoms with Crippen LogP contribution < -0.4 is 16.3 Å². The summed E-state index contributed by atoms with van der Waals surface area (Å²) in [5, 5.41) is 11.6. The molecule has 1 aromatic heterocycles. The molecule has 0 aromatic carbocycles. The van der Waals surface area contributed by atoms with Crippen molar-refractivity contribution in [1.29, 1.82) is 0 Å². The van der Waals surface area contributed by atoms with Gasteiger partial charge in [0.2, 0.25) is 0 Å². The monoisotopic (exact) mass is 280 g/mol. The standard InChI is InChI=1S/C11H9BrN2O2/c12-9-7-3-4-14-10(7)6(1-2-8(9)15)5-13-11(14)16/h1-2,5,9,15H,3-4H2. The number of aliphatic hydroxyl groups excluding tert-OH is 1. The van der Waals surface area contributed by atoms with Crippen LogP contribution in [0.3, 0.4) is 0 Å². The van der Waals surface area contributed by atoms with E-state index in [0.29, 0.717) is 6.54 Å². The van der Waals surface area contributed by atoms with E-state index in [2.05, 4.69) is 20.9 Å². The Morgan fingerprint density at radius 3 is 3.12 bits per heavy atom. The summed E-state index contributed by atoms with van der Waals surface area (Å²) in [6.45, 7) is 0.646. The van der Waals surface area contributed by atoms with Gasteiger partial charge in [-0.2, -0.15) is 0 Å². The van der Waals surface area contributed by atoms with E-state index < -0.39 is 0 Å². The summed E-state index contributed by atoms with van der Waals surface area (Å²) in [7, 11) is 0. The van der Waals surface area contributed by atoms with E-state index in [1.54, 1.807) is 22.9 Å². The van der Waals surface area contributed by atoms with Crippen molar-refractivity contribution in [1.82, 2.24) is 9.55 Å². The number of aliphatic hydroxyl groups is 1. The first kappa shape index (κ1) is 9.84. The van der Waals surface area contributed by atoms with Crippen molar-refractivity contribution in [2.24, 2.45) is 0 Å². The van der Waals surface area contributed by atoms with Crippen molar-refractivity contribution in [3.05, 3.63) is 39.1 Å². The van der Waals surface area contributed by atoms with Crippen LogP contribution in [0.25, 0.3) is 11.6 Å². The third-order valence-electron chi connectivity index (χ3n) is 3.00. The van der Waals surface area contributed by atoms with Gasteiger partial charge in [-0.25, -0.2) is 9.78 Å². The van der Waals surface area contributed by atoms with Gasteiger partial charge in [-0.15, -0.1) is 0 Å². The van der Waals surface area contributed by atoms with Gasteiger partial charge in [0, 0.05) is 18.0 Å². The maximum absolute atomic E-state index is 11.6. The lowest BCUT2D eigenvalue weighted by molar-refractivity contribution is 0.407. The summed E-state index contributed by atoms with van der Waals surface area (Å²) in [5.74, 6) is 0.270. The minimum Gasteiger partial charge on any atom is -0.511 e. The minimum absolute atomic E-state index is 0.194. The second-order valence-electron chi connectivity index (χ2n) is 3.89. The number of hydrogen-bond acceptors (Lipinski definition) is 3. The van der Waals surface area contributed by atoms with Crippen LogP contribution in [0.2, 0.25) is 0 Å². The van der Waals surface area contributed by atoms with E-state index in [4.69, 9.17) is 0 Å². The Labute approximate surface area is 99.4 Å². The third kappa shape index (κ3) is 1.21. The van der Waals surface area contributed by atoms with Gasteiger partial charge in [0.1, 0.15) is 5.76 Å². The number of hydrogen-bond donors (Lipinski definition) is 1. The lowest BCUT2D eigenvalue weighted by Crippen LogP contribution is -2.42.